The molecule has 4 aromatic carbocycles. The largest absolute Gasteiger partial charge is 1.00 e. The third-order valence-electron chi connectivity index (χ3n) is 7.02. The van der Waals surface area contributed by atoms with E-state index < -0.39 is 117 Å². The molecule has 0 unspecified atom stereocenters. The normalized spacial score (nSPS) is 11.9. The predicted molar refractivity (Wildman–Crippen MR) is 184 cm³/mol. The van der Waals surface area contributed by atoms with Crippen LogP contribution in [0.15, 0.2) is 86.3 Å². The maximum atomic E-state index is 13.7. The van der Waals surface area contributed by atoms with Crippen molar-refractivity contribution in [1.82, 2.24) is 15.0 Å². The Morgan fingerprint density at radius 1 is 0.627 bits per heavy atom. The van der Waals surface area contributed by atoms with E-state index in [0.29, 0.717) is 12.1 Å². The molecule has 1 aromatic heterocycles. The first-order valence-electron chi connectivity index (χ1n) is 14.3. The Balaban J connectivity index is 0.00000435. The number of hydrogen-bond donors (Lipinski definition) is 4. The number of halogens is 1. The third kappa shape index (κ3) is 15.2. The van der Waals surface area contributed by atoms with E-state index >= 15 is 0 Å². The Labute approximate surface area is 430 Å². The molecule has 1 heterocycles. The molecule has 294 valence electrons. The maximum absolute atomic E-state index is 13.7. The molecule has 0 aliphatic rings. The summed E-state index contributed by atoms with van der Waals surface area (Å²) < 4.78 is 166. The first-order valence-corrected chi connectivity index (χ1v) is 21.9. The standard InChI is InChI=1S/C27H23ClN6O16S5.4Na/c28-25-32-26(30-16-1-5-17(6-2-16)51(36,37)10-9-50-55(47,48)49)34-27(33-25)31-20-13-19-14(11-21(20)53(41,42)43)12-22(54(44,45)46)23(24(19)35)29-15-3-7-18(8-4-15)52(38,39)40;;;;/h1-8,11-13,29,35H,9-10H2,(H,38,39,40)(H,41,42,43)(H,44,45,46)(H,47,48,49)(H2,30,31,32,33,34);;;;/q;4*+1/p-4. The van der Waals surface area contributed by atoms with Crippen LogP contribution in [0.25, 0.3) is 10.8 Å². The van der Waals surface area contributed by atoms with Gasteiger partial charge >= 0.3 is 129 Å². The molecule has 0 fully saturated rings. The van der Waals surface area contributed by atoms with Crippen molar-refractivity contribution in [3.63, 3.8) is 0 Å². The molecular weight excluding hydrogens is 952 g/mol. The van der Waals surface area contributed by atoms with Gasteiger partial charge in [-0.15, -0.1) is 0 Å². The third-order valence-corrected chi connectivity index (χ3v) is 11.9. The van der Waals surface area contributed by atoms with Crippen LogP contribution in [0, 0.1) is 0 Å². The van der Waals surface area contributed by atoms with Crippen LogP contribution in [0.4, 0.5) is 34.6 Å². The summed E-state index contributed by atoms with van der Waals surface area (Å²) in [6, 6.07) is 10.4. The molecule has 0 radical (unpaired) electrons. The fraction of sp³-hybridized carbons (Fsp3) is 0.0741. The second-order valence-electron chi connectivity index (χ2n) is 10.8. The molecule has 0 bridgehead atoms. The maximum Gasteiger partial charge on any atom is 1.00 e. The van der Waals surface area contributed by atoms with Gasteiger partial charge in [0.15, 0.2) is 9.84 Å². The van der Waals surface area contributed by atoms with Crippen LogP contribution in [-0.2, 0) is 54.8 Å². The summed E-state index contributed by atoms with van der Waals surface area (Å²) in [5.74, 6) is -2.87. The van der Waals surface area contributed by atoms with Gasteiger partial charge in [0.2, 0.25) is 17.2 Å². The van der Waals surface area contributed by atoms with E-state index in [4.69, 9.17) is 16.2 Å². The molecule has 22 nitrogen and oxygen atoms in total. The quantitative estimate of drug-likeness (QED) is 0.0593. The first kappa shape index (κ1) is 56.2. The van der Waals surface area contributed by atoms with Crippen molar-refractivity contribution >= 4 is 108 Å². The van der Waals surface area contributed by atoms with Crippen LogP contribution in [0.3, 0.4) is 0 Å². The smallest absolute Gasteiger partial charge is 0.871 e. The van der Waals surface area contributed by atoms with Gasteiger partial charge in [-0.2, -0.15) is 23.4 Å². The van der Waals surface area contributed by atoms with Gasteiger partial charge in [-0.05, 0) is 89.1 Å². The van der Waals surface area contributed by atoms with E-state index in [9.17, 15) is 60.9 Å². The molecule has 0 aliphatic heterocycles. The number of nitrogens with zero attached hydrogens (tertiary/aromatic N) is 3. The van der Waals surface area contributed by atoms with Gasteiger partial charge in [0.25, 0.3) is 0 Å². The minimum absolute atomic E-state index is 0. The number of sulfone groups is 1. The van der Waals surface area contributed by atoms with Crippen molar-refractivity contribution in [3.05, 3.63) is 72.0 Å². The van der Waals surface area contributed by atoms with Crippen LogP contribution in [0.2, 0.25) is 5.28 Å². The Bertz CT molecular complexity index is 2920. The molecular formula is C27H19ClN6Na4O16S5. The van der Waals surface area contributed by atoms with E-state index in [2.05, 4.69) is 35.1 Å². The van der Waals surface area contributed by atoms with Crippen molar-refractivity contribution < 1.29 is 188 Å². The van der Waals surface area contributed by atoms with Crippen molar-refractivity contribution in [2.75, 3.05) is 28.3 Å². The molecule has 0 aliphatic carbocycles. The molecule has 59 heavy (non-hydrogen) atoms. The van der Waals surface area contributed by atoms with Crippen LogP contribution >= 0.6 is 11.6 Å². The number of hydrogen-bond acceptors (Lipinski definition) is 21. The average Bonchev–Trinajstić information content (AvgIpc) is 3.04. The summed E-state index contributed by atoms with van der Waals surface area (Å²) in [5.41, 5.74) is -1.48. The Hall–Kier alpha value is -0.810. The number of benzene rings is 4. The van der Waals surface area contributed by atoms with Gasteiger partial charge in [-0.3, -0.25) is 4.55 Å². The van der Waals surface area contributed by atoms with Gasteiger partial charge in [0, 0.05) is 17.1 Å². The van der Waals surface area contributed by atoms with Crippen LogP contribution in [0.1, 0.15) is 0 Å². The van der Waals surface area contributed by atoms with E-state index in [-0.39, 0.29) is 140 Å². The molecule has 32 heteroatoms. The second-order valence-corrected chi connectivity index (χ2v) is 18.4. The summed E-state index contributed by atoms with van der Waals surface area (Å²) in [6.45, 7) is -0.862. The van der Waals surface area contributed by atoms with Crippen LogP contribution in [-0.4, -0.2) is 87.6 Å². The zero-order valence-corrected chi connectivity index (χ0v) is 43.4. The second kappa shape index (κ2) is 21.7. The SMILES string of the molecule is O=S(=O)(O)OCCS(=O)(=O)c1ccc(Nc2nc(Cl)nc(Nc3cc4c([O-])c(Nc5ccc(S(=O)(=O)[O-])cc5)c(S(=O)(=O)[O-])cc4cc3S(=O)(=O)[O-])n2)cc1.[Na+].[Na+].[Na+].[Na+]. The van der Waals surface area contributed by atoms with Crippen molar-refractivity contribution in [1.29, 1.82) is 0 Å². The summed E-state index contributed by atoms with van der Waals surface area (Å²) >= 11 is 6.02. The van der Waals surface area contributed by atoms with Gasteiger partial charge in [0.05, 0.1) is 37.6 Å². The molecule has 0 amide bonds. The molecule has 4 N–H and O–H groups in total. The minimum atomic E-state index is -5.47. The molecule has 5 rings (SSSR count). The van der Waals surface area contributed by atoms with Crippen LogP contribution < -0.4 is 139 Å². The Kier molecular flexibility index (Phi) is 20.7. The van der Waals surface area contributed by atoms with Gasteiger partial charge in [-0.1, -0.05) is 5.75 Å². The monoisotopic (exact) mass is 970 g/mol. The van der Waals surface area contributed by atoms with E-state index in [1.807, 2.05) is 0 Å². The number of anilines is 6. The molecule has 0 spiro atoms. The Morgan fingerprint density at radius 2 is 1.10 bits per heavy atom. The zero-order valence-electron chi connectivity index (χ0n) is 30.6. The van der Waals surface area contributed by atoms with E-state index in [1.54, 1.807) is 0 Å². The van der Waals surface area contributed by atoms with Crippen molar-refractivity contribution in [2.24, 2.45) is 0 Å². The molecule has 0 atom stereocenters. The molecule has 0 saturated carbocycles. The number of fused-ring (bicyclic) bond motifs is 1. The average molecular weight is 971 g/mol. The fourth-order valence-corrected chi connectivity index (χ4v) is 8.10. The predicted octanol–water partition coefficient (Wildman–Crippen LogP) is -10.7. The van der Waals surface area contributed by atoms with Crippen molar-refractivity contribution in [2.45, 2.75) is 19.6 Å². The number of aromatic nitrogens is 3. The minimum Gasteiger partial charge on any atom is -0.871 e. The molecule has 0 saturated heterocycles. The Morgan fingerprint density at radius 3 is 1.59 bits per heavy atom. The summed E-state index contributed by atoms with van der Waals surface area (Å²) in [5, 5.41) is 19.7. The first-order chi connectivity index (χ1) is 25.3. The summed E-state index contributed by atoms with van der Waals surface area (Å²) in [6.07, 6.45) is 0. The van der Waals surface area contributed by atoms with Gasteiger partial charge < -0.3 is 34.7 Å². The zero-order chi connectivity index (χ0) is 40.7. The number of rotatable bonds is 14. The van der Waals surface area contributed by atoms with Gasteiger partial charge in [-0.25, -0.2) is 37.9 Å². The summed E-state index contributed by atoms with van der Waals surface area (Å²) in [4.78, 5) is 8.50. The summed E-state index contributed by atoms with van der Waals surface area (Å²) in [7, 11) is -24.7. The van der Waals surface area contributed by atoms with Crippen LogP contribution in [0.5, 0.6) is 5.75 Å². The van der Waals surface area contributed by atoms with Gasteiger partial charge in [0.1, 0.15) is 30.4 Å². The number of nitrogens with one attached hydrogen (secondary N) is 3. The fourth-order valence-electron chi connectivity index (χ4n) is 4.66. The van der Waals surface area contributed by atoms with E-state index in [1.165, 1.54) is 12.1 Å². The topological polar surface area (TPSA) is 367 Å². The van der Waals surface area contributed by atoms with E-state index in [0.717, 1.165) is 42.5 Å². The van der Waals surface area contributed by atoms with Crippen molar-refractivity contribution in [3.8, 4) is 5.75 Å². The molecule has 5 aromatic rings.